The van der Waals surface area contributed by atoms with E-state index in [2.05, 4.69) is 15.3 Å². The van der Waals surface area contributed by atoms with Crippen molar-refractivity contribution in [3.63, 3.8) is 0 Å². The number of aryl methyl sites for hydroxylation is 2. The number of hydrogen-bond donors (Lipinski definition) is 2. The van der Waals surface area contributed by atoms with Crippen LogP contribution in [0.2, 0.25) is 0 Å². The lowest BCUT2D eigenvalue weighted by Crippen LogP contribution is -2.15. The number of ether oxygens (including phenoxy) is 1. The monoisotopic (exact) mass is 272 g/mol. The van der Waals surface area contributed by atoms with Crippen molar-refractivity contribution in [2.45, 2.75) is 13.8 Å². The molecular weight excluding hydrogens is 256 g/mol. The van der Waals surface area contributed by atoms with Gasteiger partial charge in [0.15, 0.2) is 0 Å². The summed E-state index contributed by atoms with van der Waals surface area (Å²) in [6, 6.07) is 6.65. The molecule has 0 unspecified atom stereocenters. The Hall–Kier alpha value is -2.63. The highest BCUT2D eigenvalue weighted by Crippen LogP contribution is 2.19. The molecule has 0 fully saturated rings. The number of rotatable bonds is 3. The number of nitrogens with two attached hydrogens (primary N) is 1. The van der Waals surface area contributed by atoms with Crippen molar-refractivity contribution >= 4 is 17.5 Å². The van der Waals surface area contributed by atoms with Gasteiger partial charge in [0, 0.05) is 28.7 Å². The van der Waals surface area contributed by atoms with E-state index in [4.69, 9.17) is 10.5 Å². The Bertz CT molecular complexity index is 635. The molecule has 6 nitrogen and oxygen atoms in total. The van der Waals surface area contributed by atoms with E-state index in [1.165, 1.54) is 7.11 Å². The van der Waals surface area contributed by atoms with E-state index in [9.17, 15) is 4.79 Å². The molecule has 0 aliphatic carbocycles. The van der Waals surface area contributed by atoms with E-state index in [1.807, 2.05) is 19.9 Å². The smallest absolute Gasteiger partial charge is 0.258 e. The van der Waals surface area contributed by atoms with Crippen LogP contribution in [0.25, 0.3) is 0 Å². The van der Waals surface area contributed by atoms with Crippen molar-refractivity contribution in [1.29, 1.82) is 0 Å². The zero-order valence-electron chi connectivity index (χ0n) is 11.6. The number of anilines is 2. The predicted octanol–water partition coefficient (Wildman–Crippen LogP) is 1.94. The van der Waals surface area contributed by atoms with Gasteiger partial charge in [0.25, 0.3) is 5.91 Å². The molecule has 0 aliphatic rings. The molecule has 2 aromatic rings. The second-order valence-electron chi connectivity index (χ2n) is 4.42. The minimum Gasteiger partial charge on any atom is -0.497 e. The number of aromatic nitrogens is 2. The average molecular weight is 272 g/mol. The van der Waals surface area contributed by atoms with Crippen LogP contribution < -0.4 is 15.8 Å². The maximum atomic E-state index is 12.2. The Kier molecular flexibility index (Phi) is 3.84. The first-order valence-corrected chi connectivity index (χ1v) is 6.06. The van der Waals surface area contributed by atoms with Crippen LogP contribution in [0.5, 0.6) is 5.75 Å². The molecule has 104 valence electrons. The molecule has 6 heteroatoms. The molecule has 0 saturated heterocycles. The maximum absolute atomic E-state index is 12.2. The molecule has 1 amide bonds. The highest BCUT2D eigenvalue weighted by Gasteiger charge is 2.10. The maximum Gasteiger partial charge on any atom is 0.258 e. The molecule has 1 aromatic heterocycles. The summed E-state index contributed by atoms with van der Waals surface area (Å²) in [7, 11) is 1.52. The quantitative estimate of drug-likeness (QED) is 0.833. The van der Waals surface area contributed by atoms with Crippen LogP contribution in [0.3, 0.4) is 0 Å². The summed E-state index contributed by atoms with van der Waals surface area (Å²) in [5, 5.41) is 2.65. The number of methoxy groups -OCH3 is 1. The lowest BCUT2D eigenvalue weighted by atomic mass is 10.2. The molecule has 0 atom stereocenters. The third-order valence-corrected chi connectivity index (χ3v) is 2.63. The van der Waals surface area contributed by atoms with Crippen molar-refractivity contribution < 1.29 is 9.53 Å². The topological polar surface area (TPSA) is 90.1 Å². The summed E-state index contributed by atoms with van der Waals surface area (Å²) in [6.45, 7) is 3.68. The summed E-state index contributed by atoms with van der Waals surface area (Å²) in [5.74, 6) is 0.464. The van der Waals surface area contributed by atoms with Gasteiger partial charge in [0.2, 0.25) is 5.95 Å². The number of nitrogens with one attached hydrogen (secondary N) is 1. The molecule has 0 bridgehead atoms. The van der Waals surface area contributed by atoms with E-state index in [0.717, 1.165) is 11.4 Å². The van der Waals surface area contributed by atoms with Crippen molar-refractivity contribution in [2.75, 3.05) is 18.2 Å². The molecule has 0 aliphatic heterocycles. The lowest BCUT2D eigenvalue weighted by Gasteiger charge is -2.08. The first kappa shape index (κ1) is 13.8. The third kappa shape index (κ3) is 3.23. The fourth-order valence-corrected chi connectivity index (χ4v) is 1.83. The van der Waals surface area contributed by atoms with Gasteiger partial charge in [0.05, 0.1) is 7.11 Å². The van der Waals surface area contributed by atoms with Gasteiger partial charge in [-0.25, -0.2) is 9.97 Å². The second kappa shape index (κ2) is 5.56. The first-order valence-electron chi connectivity index (χ1n) is 6.06. The summed E-state index contributed by atoms with van der Waals surface area (Å²) in [4.78, 5) is 20.5. The van der Waals surface area contributed by atoms with Crippen LogP contribution in [0.4, 0.5) is 11.6 Å². The average Bonchev–Trinajstić information content (AvgIpc) is 2.36. The van der Waals surface area contributed by atoms with Crippen molar-refractivity contribution in [2.24, 2.45) is 0 Å². The first-order chi connectivity index (χ1) is 9.47. The van der Waals surface area contributed by atoms with Gasteiger partial charge in [-0.3, -0.25) is 10.1 Å². The Morgan fingerprint density at radius 3 is 2.40 bits per heavy atom. The van der Waals surface area contributed by atoms with Gasteiger partial charge in [0.1, 0.15) is 5.75 Å². The van der Waals surface area contributed by atoms with Crippen LogP contribution in [-0.2, 0) is 0 Å². The summed E-state index contributed by atoms with van der Waals surface area (Å²) in [6.07, 6.45) is 0. The van der Waals surface area contributed by atoms with Crippen molar-refractivity contribution in [1.82, 2.24) is 9.97 Å². The van der Waals surface area contributed by atoms with Crippen LogP contribution in [0.1, 0.15) is 21.7 Å². The van der Waals surface area contributed by atoms with Crippen LogP contribution in [0, 0.1) is 13.8 Å². The number of hydrogen-bond acceptors (Lipinski definition) is 5. The Morgan fingerprint density at radius 2 is 1.80 bits per heavy atom. The van der Waals surface area contributed by atoms with Gasteiger partial charge in [-0.2, -0.15) is 0 Å². The van der Waals surface area contributed by atoms with Gasteiger partial charge in [-0.15, -0.1) is 0 Å². The number of nitrogens with zero attached hydrogens (tertiary/aromatic N) is 2. The highest BCUT2D eigenvalue weighted by atomic mass is 16.5. The van der Waals surface area contributed by atoms with E-state index in [-0.39, 0.29) is 11.9 Å². The normalized spacial score (nSPS) is 10.2. The van der Waals surface area contributed by atoms with Gasteiger partial charge >= 0.3 is 0 Å². The van der Waals surface area contributed by atoms with E-state index < -0.39 is 0 Å². The molecule has 1 heterocycles. The van der Waals surface area contributed by atoms with Gasteiger partial charge in [-0.1, -0.05) is 0 Å². The molecule has 20 heavy (non-hydrogen) atoms. The number of amides is 1. The number of nitrogen functional groups attached to an aromatic ring is 1. The number of carbonyl (C=O) groups excluding carboxylic acids is 1. The summed E-state index contributed by atoms with van der Waals surface area (Å²) in [5.41, 5.74) is 8.15. The zero-order valence-corrected chi connectivity index (χ0v) is 11.6. The molecule has 0 saturated carbocycles. The largest absolute Gasteiger partial charge is 0.497 e. The van der Waals surface area contributed by atoms with Crippen molar-refractivity contribution in [3.05, 3.63) is 41.2 Å². The Balaban J connectivity index is 2.25. The summed E-state index contributed by atoms with van der Waals surface area (Å²) >= 11 is 0. The molecule has 1 aromatic carbocycles. The third-order valence-electron chi connectivity index (χ3n) is 2.63. The van der Waals surface area contributed by atoms with Crippen LogP contribution in [0.15, 0.2) is 24.3 Å². The predicted molar refractivity (Wildman–Crippen MR) is 76.9 cm³/mol. The molecule has 2 rings (SSSR count). The zero-order chi connectivity index (χ0) is 14.7. The molecule has 0 radical (unpaired) electrons. The highest BCUT2D eigenvalue weighted by molar-refractivity contribution is 6.04. The molecule has 3 N–H and O–H groups in total. The second-order valence-corrected chi connectivity index (χ2v) is 4.42. The van der Waals surface area contributed by atoms with Gasteiger partial charge < -0.3 is 10.5 Å². The SMILES string of the molecule is COc1cc(N)cc(C(=O)Nc2nc(C)cc(C)n2)c1. The van der Waals surface area contributed by atoms with Gasteiger partial charge in [-0.05, 0) is 32.0 Å². The standard InChI is InChI=1S/C14H16N4O2/c1-8-4-9(2)17-14(16-8)18-13(19)10-5-11(15)7-12(6-10)20-3/h4-7H,15H2,1-3H3,(H,16,17,18,19). The van der Waals surface area contributed by atoms with E-state index in [0.29, 0.717) is 17.0 Å². The van der Waals surface area contributed by atoms with E-state index in [1.54, 1.807) is 18.2 Å². The van der Waals surface area contributed by atoms with Crippen LogP contribution >= 0.6 is 0 Å². The fourth-order valence-electron chi connectivity index (χ4n) is 1.83. The lowest BCUT2D eigenvalue weighted by molar-refractivity contribution is 0.102. The van der Waals surface area contributed by atoms with Crippen LogP contribution in [-0.4, -0.2) is 23.0 Å². The Morgan fingerprint density at radius 1 is 1.15 bits per heavy atom. The fraction of sp³-hybridized carbons (Fsp3) is 0.214. The van der Waals surface area contributed by atoms with Crippen molar-refractivity contribution in [3.8, 4) is 5.75 Å². The minimum absolute atomic E-state index is 0.272. The minimum atomic E-state index is -0.333. The number of carbonyl (C=O) groups is 1. The summed E-state index contributed by atoms with van der Waals surface area (Å²) < 4.78 is 5.08. The molecule has 0 spiro atoms. The van der Waals surface area contributed by atoms with E-state index >= 15 is 0 Å². The number of benzene rings is 1. The molecular formula is C14H16N4O2. The Labute approximate surface area is 117 Å².